The normalized spacial score (nSPS) is 20.4. The lowest BCUT2D eigenvalue weighted by Gasteiger charge is -2.31. The summed E-state index contributed by atoms with van der Waals surface area (Å²) in [7, 11) is 0. The Labute approximate surface area is 129 Å². The molecule has 0 amide bonds. The first-order valence-corrected chi connectivity index (χ1v) is 7.50. The SMILES string of the molecule is CC(C)(C)c1nc(CN2CCOC(Cn3cncn3)C2)no1. The van der Waals surface area contributed by atoms with Crippen molar-refractivity contribution < 1.29 is 9.26 Å². The molecule has 1 saturated heterocycles. The molecule has 120 valence electrons. The first-order chi connectivity index (χ1) is 10.5. The maximum Gasteiger partial charge on any atom is 0.232 e. The highest BCUT2D eigenvalue weighted by Crippen LogP contribution is 2.20. The van der Waals surface area contributed by atoms with Crippen LogP contribution in [0, 0.1) is 0 Å². The smallest absolute Gasteiger partial charge is 0.232 e. The molecule has 8 nitrogen and oxygen atoms in total. The van der Waals surface area contributed by atoms with Crippen molar-refractivity contribution in [3.05, 3.63) is 24.4 Å². The molecule has 0 aromatic carbocycles. The highest BCUT2D eigenvalue weighted by atomic mass is 16.5. The van der Waals surface area contributed by atoms with E-state index in [2.05, 4.69) is 45.9 Å². The molecule has 22 heavy (non-hydrogen) atoms. The minimum Gasteiger partial charge on any atom is -0.374 e. The summed E-state index contributed by atoms with van der Waals surface area (Å²) in [4.78, 5) is 10.7. The van der Waals surface area contributed by atoms with Gasteiger partial charge in [-0.05, 0) is 0 Å². The topological polar surface area (TPSA) is 82.1 Å². The van der Waals surface area contributed by atoms with Crippen LogP contribution < -0.4 is 0 Å². The molecule has 0 bridgehead atoms. The van der Waals surface area contributed by atoms with Crippen LogP contribution in [0.2, 0.25) is 0 Å². The van der Waals surface area contributed by atoms with E-state index in [1.807, 2.05) is 0 Å². The summed E-state index contributed by atoms with van der Waals surface area (Å²) >= 11 is 0. The van der Waals surface area contributed by atoms with E-state index in [0.717, 1.165) is 18.9 Å². The standard InChI is InChI=1S/C14H22N6O2/c1-14(2,3)13-17-12(18-22-13)8-19-4-5-21-11(6-19)7-20-10-15-9-16-20/h9-11H,4-8H2,1-3H3. The molecular weight excluding hydrogens is 284 g/mol. The molecule has 0 N–H and O–H groups in total. The fraction of sp³-hybridized carbons (Fsp3) is 0.714. The molecule has 3 rings (SSSR count). The summed E-state index contributed by atoms with van der Waals surface area (Å²) in [5.74, 6) is 1.40. The monoisotopic (exact) mass is 306 g/mol. The molecule has 0 radical (unpaired) electrons. The van der Waals surface area contributed by atoms with Gasteiger partial charge in [0, 0.05) is 18.5 Å². The Bertz CT molecular complexity index is 589. The van der Waals surface area contributed by atoms with Crippen LogP contribution in [0.4, 0.5) is 0 Å². The highest BCUT2D eigenvalue weighted by molar-refractivity contribution is 4.98. The van der Waals surface area contributed by atoms with E-state index < -0.39 is 0 Å². The van der Waals surface area contributed by atoms with Crippen LogP contribution in [0.1, 0.15) is 32.5 Å². The zero-order valence-electron chi connectivity index (χ0n) is 13.3. The first-order valence-electron chi connectivity index (χ1n) is 7.50. The second kappa shape index (κ2) is 6.13. The van der Waals surface area contributed by atoms with E-state index in [1.165, 1.54) is 6.33 Å². The van der Waals surface area contributed by atoms with Crippen molar-refractivity contribution in [1.29, 1.82) is 0 Å². The van der Waals surface area contributed by atoms with Crippen molar-refractivity contribution in [3.63, 3.8) is 0 Å². The second-order valence-electron chi connectivity index (χ2n) is 6.61. The van der Waals surface area contributed by atoms with Gasteiger partial charge in [-0.2, -0.15) is 10.1 Å². The zero-order chi connectivity index (χ0) is 15.6. The quantitative estimate of drug-likeness (QED) is 0.828. The van der Waals surface area contributed by atoms with Crippen LogP contribution >= 0.6 is 0 Å². The van der Waals surface area contributed by atoms with Crippen molar-refractivity contribution >= 4 is 0 Å². The summed E-state index contributed by atoms with van der Waals surface area (Å²) in [5, 5.41) is 8.20. The maximum atomic E-state index is 5.78. The number of hydrogen-bond acceptors (Lipinski definition) is 7. The predicted octanol–water partition coefficient (Wildman–Crippen LogP) is 0.860. The number of aromatic nitrogens is 5. The molecular formula is C14H22N6O2. The van der Waals surface area contributed by atoms with Gasteiger partial charge in [0.15, 0.2) is 5.82 Å². The number of hydrogen-bond donors (Lipinski definition) is 0. The molecule has 2 aromatic heterocycles. The average Bonchev–Trinajstić information content (AvgIpc) is 3.10. The van der Waals surface area contributed by atoms with Crippen LogP contribution in [0.5, 0.6) is 0 Å². The Balaban J connectivity index is 1.57. The molecule has 0 spiro atoms. The van der Waals surface area contributed by atoms with Crippen molar-refractivity contribution in [2.24, 2.45) is 0 Å². The molecule has 1 fully saturated rings. The second-order valence-corrected chi connectivity index (χ2v) is 6.61. The van der Waals surface area contributed by atoms with Gasteiger partial charge in [0.05, 0.1) is 25.8 Å². The molecule has 1 aliphatic rings. The summed E-state index contributed by atoms with van der Waals surface area (Å²) in [5.41, 5.74) is -0.119. The van der Waals surface area contributed by atoms with Crippen LogP contribution in [-0.4, -0.2) is 55.6 Å². The van der Waals surface area contributed by atoms with E-state index in [9.17, 15) is 0 Å². The van der Waals surface area contributed by atoms with E-state index >= 15 is 0 Å². The summed E-state index contributed by atoms with van der Waals surface area (Å²) in [6.07, 6.45) is 3.34. The third-order valence-electron chi connectivity index (χ3n) is 3.55. The summed E-state index contributed by atoms with van der Waals surface area (Å²) in [6.45, 7) is 9.95. The predicted molar refractivity (Wildman–Crippen MR) is 78.0 cm³/mol. The Morgan fingerprint density at radius 3 is 2.91 bits per heavy atom. The van der Waals surface area contributed by atoms with E-state index in [1.54, 1.807) is 11.0 Å². The Morgan fingerprint density at radius 2 is 2.23 bits per heavy atom. The summed E-state index contributed by atoms with van der Waals surface area (Å²) in [6, 6.07) is 0. The highest BCUT2D eigenvalue weighted by Gasteiger charge is 2.25. The molecule has 0 aliphatic carbocycles. The van der Waals surface area contributed by atoms with Crippen molar-refractivity contribution in [2.75, 3.05) is 19.7 Å². The van der Waals surface area contributed by atoms with E-state index in [-0.39, 0.29) is 11.5 Å². The van der Waals surface area contributed by atoms with Crippen LogP contribution in [0.25, 0.3) is 0 Å². The van der Waals surface area contributed by atoms with Crippen molar-refractivity contribution in [1.82, 2.24) is 29.8 Å². The average molecular weight is 306 g/mol. The molecule has 2 aromatic rings. The van der Waals surface area contributed by atoms with Gasteiger partial charge in [0.1, 0.15) is 12.7 Å². The lowest BCUT2D eigenvalue weighted by molar-refractivity contribution is -0.0411. The van der Waals surface area contributed by atoms with E-state index in [4.69, 9.17) is 9.26 Å². The molecule has 3 heterocycles. The van der Waals surface area contributed by atoms with Gasteiger partial charge >= 0.3 is 0 Å². The Kier molecular flexibility index (Phi) is 4.21. The lowest BCUT2D eigenvalue weighted by Crippen LogP contribution is -2.43. The molecule has 8 heteroatoms. The summed E-state index contributed by atoms with van der Waals surface area (Å²) < 4.78 is 12.9. The Hall–Kier alpha value is -1.80. The molecule has 1 aliphatic heterocycles. The number of rotatable bonds is 4. The number of morpholine rings is 1. The van der Waals surface area contributed by atoms with Crippen molar-refractivity contribution in [2.45, 2.75) is 45.4 Å². The molecule has 1 atom stereocenters. The number of ether oxygens (including phenoxy) is 1. The maximum absolute atomic E-state index is 5.78. The largest absolute Gasteiger partial charge is 0.374 e. The number of nitrogens with zero attached hydrogens (tertiary/aromatic N) is 6. The van der Waals surface area contributed by atoms with Gasteiger partial charge in [-0.15, -0.1) is 0 Å². The van der Waals surface area contributed by atoms with Gasteiger partial charge in [0.2, 0.25) is 5.89 Å². The van der Waals surface area contributed by atoms with Gasteiger partial charge in [-0.25, -0.2) is 4.98 Å². The van der Waals surface area contributed by atoms with Gasteiger partial charge in [-0.1, -0.05) is 25.9 Å². The Morgan fingerprint density at radius 1 is 1.36 bits per heavy atom. The van der Waals surface area contributed by atoms with Gasteiger partial charge in [-0.3, -0.25) is 9.58 Å². The minimum absolute atomic E-state index is 0.101. The van der Waals surface area contributed by atoms with Crippen molar-refractivity contribution in [3.8, 4) is 0 Å². The third-order valence-corrected chi connectivity index (χ3v) is 3.55. The van der Waals surface area contributed by atoms with E-state index in [0.29, 0.717) is 25.6 Å². The lowest BCUT2D eigenvalue weighted by atomic mass is 9.97. The van der Waals surface area contributed by atoms with Crippen LogP contribution in [0.3, 0.4) is 0 Å². The zero-order valence-corrected chi connectivity index (χ0v) is 13.3. The third kappa shape index (κ3) is 3.69. The molecule has 1 unspecified atom stereocenters. The first kappa shape index (κ1) is 15.1. The minimum atomic E-state index is -0.119. The van der Waals surface area contributed by atoms with Gasteiger partial charge < -0.3 is 9.26 Å². The molecule has 0 saturated carbocycles. The fourth-order valence-corrected chi connectivity index (χ4v) is 2.39. The van der Waals surface area contributed by atoms with Gasteiger partial charge in [0.25, 0.3) is 0 Å². The van der Waals surface area contributed by atoms with Crippen LogP contribution in [-0.2, 0) is 23.2 Å². The van der Waals surface area contributed by atoms with Crippen LogP contribution in [0.15, 0.2) is 17.2 Å². The fourth-order valence-electron chi connectivity index (χ4n) is 2.39.